The molecule has 0 saturated heterocycles. The molecule has 0 bridgehead atoms. The molecule has 0 atom stereocenters. The van der Waals surface area contributed by atoms with Crippen LogP contribution in [0.1, 0.15) is 49.8 Å². The summed E-state index contributed by atoms with van der Waals surface area (Å²) in [6.45, 7) is 6.09. The maximum absolute atomic E-state index is 11.9. The number of aryl methyl sites for hydroxylation is 1. The van der Waals surface area contributed by atoms with E-state index >= 15 is 0 Å². The summed E-state index contributed by atoms with van der Waals surface area (Å²) in [5.74, 6) is -0.391. The molecule has 1 aromatic heterocycles. The SMILES string of the molecule is CCCc1[nH]nc(C(=O)OCCC(C)C)c1S(=O)(=O)Cl. The second-order valence-corrected chi connectivity index (χ2v) is 7.39. The molecule has 0 aliphatic rings. The van der Waals surface area contributed by atoms with E-state index in [1.807, 2.05) is 20.8 Å². The van der Waals surface area contributed by atoms with Crippen molar-refractivity contribution in [3.8, 4) is 0 Å². The minimum atomic E-state index is -4.05. The maximum atomic E-state index is 11.9. The highest BCUT2D eigenvalue weighted by molar-refractivity contribution is 8.13. The van der Waals surface area contributed by atoms with Gasteiger partial charge in [0.25, 0.3) is 9.05 Å². The third kappa shape index (κ3) is 4.49. The maximum Gasteiger partial charge on any atom is 0.360 e. The van der Waals surface area contributed by atoms with E-state index in [4.69, 9.17) is 15.4 Å². The van der Waals surface area contributed by atoms with Crippen LogP contribution in [-0.4, -0.2) is 31.2 Å². The number of esters is 1. The molecule has 1 N–H and O–H groups in total. The first kappa shape index (κ1) is 17.0. The lowest BCUT2D eigenvalue weighted by Crippen LogP contribution is -2.12. The van der Waals surface area contributed by atoms with Gasteiger partial charge in [-0.2, -0.15) is 5.10 Å². The highest BCUT2D eigenvalue weighted by Crippen LogP contribution is 2.24. The number of aromatic amines is 1. The molecule has 0 amide bonds. The summed E-state index contributed by atoms with van der Waals surface area (Å²) in [6.07, 6.45) is 1.83. The van der Waals surface area contributed by atoms with E-state index in [2.05, 4.69) is 10.2 Å². The first-order valence-electron chi connectivity index (χ1n) is 6.46. The molecule has 0 radical (unpaired) electrons. The number of hydrogen-bond acceptors (Lipinski definition) is 5. The summed E-state index contributed by atoms with van der Waals surface area (Å²) in [5, 5.41) is 6.28. The number of carbonyl (C=O) groups excluding carboxylic acids is 1. The Labute approximate surface area is 123 Å². The quantitative estimate of drug-likeness (QED) is 0.615. The Hall–Kier alpha value is -1.08. The summed E-state index contributed by atoms with van der Waals surface area (Å²) in [5.41, 5.74) is 0.0607. The van der Waals surface area contributed by atoms with Crippen molar-refractivity contribution in [3.05, 3.63) is 11.4 Å². The Kier molecular flexibility index (Phi) is 6.01. The minimum Gasteiger partial charge on any atom is -0.461 e. The Bertz CT molecular complexity index is 566. The molecule has 0 aliphatic carbocycles. The summed E-state index contributed by atoms with van der Waals surface area (Å²) < 4.78 is 28.2. The summed E-state index contributed by atoms with van der Waals surface area (Å²) in [4.78, 5) is 11.6. The Morgan fingerprint density at radius 2 is 2.10 bits per heavy atom. The van der Waals surface area contributed by atoms with Gasteiger partial charge in [-0.3, -0.25) is 5.10 Å². The van der Waals surface area contributed by atoms with Gasteiger partial charge in [-0.15, -0.1) is 0 Å². The molecule has 1 aromatic rings. The van der Waals surface area contributed by atoms with Gasteiger partial charge in [0.1, 0.15) is 4.90 Å². The van der Waals surface area contributed by atoms with E-state index in [1.54, 1.807) is 0 Å². The molecule has 0 aromatic carbocycles. The van der Waals surface area contributed by atoms with Gasteiger partial charge in [-0.1, -0.05) is 27.2 Å². The molecular weight excluding hydrogens is 304 g/mol. The molecule has 0 unspecified atom stereocenters. The van der Waals surface area contributed by atoms with Gasteiger partial charge in [0, 0.05) is 10.7 Å². The molecule has 0 aliphatic heterocycles. The molecule has 1 rings (SSSR count). The number of ether oxygens (including phenoxy) is 1. The van der Waals surface area contributed by atoms with Crippen LogP contribution in [0.4, 0.5) is 0 Å². The second-order valence-electron chi connectivity index (χ2n) is 4.89. The van der Waals surface area contributed by atoms with Crippen molar-refractivity contribution in [2.45, 2.75) is 44.9 Å². The summed E-state index contributed by atoms with van der Waals surface area (Å²) in [6, 6.07) is 0. The van der Waals surface area contributed by atoms with Crippen LogP contribution in [0.5, 0.6) is 0 Å². The van der Waals surface area contributed by atoms with E-state index in [1.165, 1.54) is 0 Å². The average molecular weight is 323 g/mol. The molecule has 0 saturated carbocycles. The van der Waals surface area contributed by atoms with Crippen molar-refractivity contribution in [1.29, 1.82) is 0 Å². The van der Waals surface area contributed by atoms with Crippen molar-refractivity contribution >= 4 is 25.7 Å². The number of H-pyrrole nitrogens is 1. The van der Waals surface area contributed by atoms with E-state index in [0.717, 1.165) is 0 Å². The molecule has 114 valence electrons. The van der Waals surface area contributed by atoms with Crippen LogP contribution in [0.2, 0.25) is 0 Å². The van der Waals surface area contributed by atoms with Crippen molar-refractivity contribution < 1.29 is 17.9 Å². The van der Waals surface area contributed by atoms with Gasteiger partial charge >= 0.3 is 5.97 Å². The largest absolute Gasteiger partial charge is 0.461 e. The first-order chi connectivity index (χ1) is 9.27. The van der Waals surface area contributed by atoms with Gasteiger partial charge in [0.05, 0.1) is 12.3 Å². The fraction of sp³-hybridized carbons (Fsp3) is 0.667. The van der Waals surface area contributed by atoms with E-state index < -0.39 is 15.0 Å². The van der Waals surface area contributed by atoms with Crippen LogP contribution < -0.4 is 0 Å². The van der Waals surface area contributed by atoms with Crippen molar-refractivity contribution in [2.75, 3.05) is 6.61 Å². The van der Waals surface area contributed by atoms with Gasteiger partial charge in [-0.25, -0.2) is 13.2 Å². The van der Waals surface area contributed by atoms with Crippen LogP contribution in [-0.2, 0) is 20.2 Å². The van der Waals surface area contributed by atoms with Gasteiger partial charge in [0.2, 0.25) is 0 Å². The number of nitrogens with zero attached hydrogens (tertiary/aromatic N) is 1. The summed E-state index contributed by atoms with van der Waals surface area (Å²) >= 11 is 0. The fourth-order valence-electron chi connectivity index (χ4n) is 1.64. The number of halogens is 1. The lowest BCUT2D eigenvalue weighted by Gasteiger charge is -2.06. The second kappa shape index (κ2) is 7.08. The van der Waals surface area contributed by atoms with Crippen LogP contribution in [0.15, 0.2) is 4.90 Å². The van der Waals surface area contributed by atoms with Gasteiger partial charge in [0.15, 0.2) is 5.69 Å². The Morgan fingerprint density at radius 1 is 1.45 bits per heavy atom. The molecule has 8 heteroatoms. The van der Waals surface area contributed by atoms with Crippen LogP contribution in [0.3, 0.4) is 0 Å². The zero-order valence-corrected chi connectivity index (χ0v) is 13.3. The highest BCUT2D eigenvalue weighted by Gasteiger charge is 2.29. The predicted octanol–water partition coefficient (Wildman–Crippen LogP) is 2.49. The molecular formula is C12H19ClN2O4S. The number of hydrogen-bond donors (Lipinski definition) is 1. The fourth-order valence-corrected chi connectivity index (χ4v) is 2.94. The summed E-state index contributed by atoms with van der Waals surface area (Å²) in [7, 11) is 1.33. The highest BCUT2D eigenvalue weighted by atomic mass is 35.7. The third-order valence-electron chi connectivity index (χ3n) is 2.66. The topological polar surface area (TPSA) is 89.1 Å². The average Bonchev–Trinajstić information content (AvgIpc) is 2.72. The number of carbonyl (C=O) groups is 1. The van der Waals surface area contributed by atoms with Gasteiger partial charge in [-0.05, 0) is 18.8 Å². The van der Waals surface area contributed by atoms with E-state index in [-0.39, 0.29) is 17.2 Å². The number of aromatic nitrogens is 2. The lowest BCUT2D eigenvalue weighted by atomic mass is 10.1. The number of nitrogens with one attached hydrogen (secondary N) is 1. The Morgan fingerprint density at radius 3 is 2.60 bits per heavy atom. The molecule has 1 heterocycles. The van der Waals surface area contributed by atoms with Crippen molar-refractivity contribution in [1.82, 2.24) is 10.2 Å². The van der Waals surface area contributed by atoms with Crippen LogP contribution in [0.25, 0.3) is 0 Å². The van der Waals surface area contributed by atoms with Crippen molar-refractivity contribution in [2.24, 2.45) is 5.92 Å². The number of rotatable bonds is 7. The zero-order valence-electron chi connectivity index (χ0n) is 11.8. The Balaban J connectivity index is 2.97. The van der Waals surface area contributed by atoms with Crippen molar-refractivity contribution in [3.63, 3.8) is 0 Å². The van der Waals surface area contributed by atoms with Crippen LogP contribution in [0, 0.1) is 5.92 Å². The van der Waals surface area contributed by atoms with Crippen LogP contribution >= 0.6 is 10.7 Å². The molecule has 0 fully saturated rings. The lowest BCUT2D eigenvalue weighted by molar-refractivity contribution is 0.0476. The zero-order chi connectivity index (χ0) is 15.3. The first-order valence-corrected chi connectivity index (χ1v) is 8.77. The molecule has 6 nitrogen and oxygen atoms in total. The minimum absolute atomic E-state index is 0.217. The van der Waals surface area contributed by atoms with E-state index in [0.29, 0.717) is 30.9 Å². The monoisotopic (exact) mass is 322 g/mol. The predicted molar refractivity (Wildman–Crippen MR) is 75.4 cm³/mol. The molecule has 0 spiro atoms. The molecule has 20 heavy (non-hydrogen) atoms. The smallest absolute Gasteiger partial charge is 0.360 e. The standard InChI is InChI=1S/C12H19ClN2O4S/c1-4-5-9-11(20(13,17)18)10(15-14-9)12(16)19-7-6-8(2)3/h8H,4-7H2,1-3H3,(H,14,15). The van der Waals surface area contributed by atoms with Gasteiger partial charge < -0.3 is 4.74 Å². The normalized spacial score (nSPS) is 11.8. The third-order valence-corrected chi connectivity index (χ3v) is 4.05. The van der Waals surface area contributed by atoms with E-state index in [9.17, 15) is 13.2 Å².